The molecule has 2 aromatic heterocycles. The SMILES string of the molecule is CCOC(=O)[C@H](CC(C)C)N(C)C(=O)C(C)CCCc1nccc2[nH]c(C)nc12. The first-order valence-corrected chi connectivity index (χ1v) is 10.5. The van der Waals surface area contributed by atoms with E-state index in [2.05, 4.69) is 15.0 Å². The van der Waals surface area contributed by atoms with Crippen LogP contribution in [-0.2, 0) is 20.7 Å². The van der Waals surface area contributed by atoms with Gasteiger partial charge in [-0.1, -0.05) is 20.8 Å². The molecule has 0 aliphatic heterocycles. The number of amides is 1. The van der Waals surface area contributed by atoms with Gasteiger partial charge in [0.1, 0.15) is 17.4 Å². The van der Waals surface area contributed by atoms with E-state index in [1.807, 2.05) is 33.8 Å². The van der Waals surface area contributed by atoms with E-state index in [-0.39, 0.29) is 17.8 Å². The number of aromatic amines is 1. The van der Waals surface area contributed by atoms with Crippen LogP contribution in [0.3, 0.4) is 0 Å². The van der Waals surface area contributed by atoms with Crippen LogP contribution in [0.15, 0.2) is 12.3 Å². The zero-order valence-corrected chi connectivity index (χ0v) is 18.5. The van der Waals surface area contributed by atoms with E-state index in [9.17, 15) is 9.59 Å². The fourth-order valence-corrected chi connectivity index (χ4v) is 3.59. The van der Waals surface area contributed by atoms with Crippen molar-refractivity contribution in [2.24, 2.45) is 11.8 Å². The summed E-state index contributed by atoms with van der Waals surface area (Å²) in [4.78, 5) is 39.0. The summed E-state index contributed by atoms with van der Waals surface area (Å²) in [7, 11) is 1.71. The van der Waals surface area contributed by atoms with Gasteiger partial charge < -0.3 is 14.6 Å². The second kappa shape index (κ2) is 10.4. The number of carbonyl (C=O) groups is 2. The first-order chi connectivity index (χ1) is 13.7. The number of nitrogens with zero attached hydrogens (tertiary/aromatic N) is 3. The van der Waals surface area contributed by atoms with E-state index in [1.165, 1.54) is 0 Å². The molecule has 1 unspecified atom stereocenters. The molecule has 2 atom stereocenters. The molecule has 7 heteroatoms. The number of likely N-dealkylation sites (N-methyl/N-ethyl adjacent to an activating group) is 1. The molecule has 2 heterocycles. The fraction of sp³-hybridized carbons (Fsp3) is 0.636. The minimum Gasteiger partial charge on any atom is -0.464 e. The number of nitrogens with one attached hydrogen (secondary N) is 1. The number of aryl methyl sites for hydroxylation is 2. The highest BCUT2D eigenvalue weighted by Crippen LogP contribution is 2.20. The summed E-state index contributed by atoms with van der Waals surface area (Å²) < 4.78 is 5.19. The summed E-state index contributed by atoms with van der Waals surface area (Å²) in [5.41, 5.74) is 2.84. The standard InChI is InChI=1S/C22H34N4O3/c1-7-29-22(28)19(13-14(2)3)26(6)21(27)15(4)9-8-10-17-20-18(11-12-23-17)24-16(5)25-20/h11-12,14-15,19H,7-10,13H2,1-6H3,(H,24,25)/t15?,19-/m0/s1. The number of pyridine rings is 1. The third kappa shape index (κ3) is 6.02. The lowest BCUT2D eigenvalue weighted by molar-refractivity contribution is -0.155. The van der Waals surface area contributed by atoms with Crippen molar-refractivity contribution < 1.29 is 14.3 Å². The van der Waals surface area contributed by atoms with Crippen LogP contribution in [-0.4, -0.2) is 51.4 Å². The number of H-pyrrole nitrogens is 1. The largest absolute Gasteiger partial charge is 0.464 e. The maximum Gasteiger partial charge on any atom is 0.328 e. The number of fused-ring (bicyclic) bond motifs is 1. The van der Waals surface area contributed by atoms with E-state index in [4.69, 9.17) is 4.74 Å². The third-order valence-corrected chi connectivity index (χ3v) is 5.14. The van der Waals surface area contributed by atoms with Crippen LogP contribution in [0.1, 0.15) is 58.5 Å². The van der Waals surface area contributed by atoms with Gasteiger partial charge in [0, 0.05) is 19.2 Å². The quantitative estimate of drug-likeness (QED) is 0.613. The van der Waals surface area contributed by atoms with Crippen LogP contribution in [0.5, 0.6) is 0 Å². The Kier molecular flexibility index (Phi) is 8.17. The Morgan fingerprint density at radius 3 is 2.66 bits per heavy atom. The number of rotatable bonds is 10. The van der Waals surface area contributed by atoms with Crippen molar-refractivity contribution in [3.8, 4) is 0 Å². The van der Waals surface area contributed by atoms with Crippen molar-refractivity contribution in [1.82, 2.24) is 19.9 Å². The van der Waals surface area contributed by atoms with Gasteiger partial charge in [-0.15, -0.1) is 0 Å². The van der Waals surface area contributed by atoms with Crippen molar-refractivity contribution in [1.29, 1.82) is 0 Å². The highest BCUT2D eigenvalue weighted by molar-refractivity contribution is 5.85. The van der Waals surface area contributed by atoms with E-state index in [0.29, 0.717) is 18.9 Å². The van der Waals surface area contributed by atoms with Crippen LogP contribution in [0.25, 0.3) is 11.0 Å². The summed E-state index contributed by atoms with van der Waals surface area (Å²) in [5.74, 6) is 0.636. The zero-order chi connectivity index (χ0) is 21.6. The lowest BCUT2D eigenvalue weighted by Gasteiger charge is -2.30. The molecule has 0 aliphatic carbocycles. The minimum atomic E-state index is -0.535. The smallest absolute Gasteiger partial charge is 0.328 e. The minimum absolute atomic E-state index is 0.0227. The van der Waals surface area contributed by atoms with Gasteiger partial charge in [-0.25, -0.2) is 9.78 Å². The molecule has 160 valence electrons. The van der Waals surface area contributed by atoms with Gasteiger partial charge in [0.25, 0.3) is 0 Å². The monoisotopic (exact) mass is 402 g/mol. The highest BCUT2D eigenvalue weighted by Gasteiger charge is 2.30. The number of imidazole rings is 1. The number of aromatic nitrogens is 3. The molecule has 1 amide bonds. The van der Waals surface area contributed by atoms with E-state index < -0.39 is 6.04 Å². The van der Waals surface area contributed by atoms with Crippen LogP contribution in [0.2, 0.25) is 0 Å². The second-order valence-electron chi connectivity index (χ2n) is 8.12. The molecule has 29 heavy (non-hydrogen) atoms. The molecule has 0 radical (unpaired) electrons. The molecule has 0 saturated heterocycles. The second-order valence-corrected chi connectivity index (χ2v) is 8.12. The molecule has 0 aromatic carbocycles. The predicted molar refractivity (Wildman–Crippen MR) is 113 cm³/mol. The van der Waals surface area contributed by atoms with Gasteiger partial charge in [-0.3, -0.25) is 9.78 Å². The zero-order valence-electron chi connectivity index (χ0n) is 18.5. The summed E-state index contributed by atoms with van der Waals surface area (Å²) in [6.45, 7) is 10.0. The molecule has 2 aromatic rings. The number of carbonyl (C=O) groups excluding carboxylic acids is 2. The first-order valence-electron chi connectivity index (χ1n) is 10.5. The molecule has 0 spiro atoms. The van der Waals surface area contributed by atoms with Crippen LogP contribution in [0.4, 0.5) is 0 Å². The maximum absolute atomic E-state index is 12.9. The molecule has 0 aliphatic rings. The number of esters is 1. The van der Waals surface area contributed by atoms with Gasteiger partial charge in [-0.05, 0) is 51.5 Å². The average Bonchev–Trinajstić information content (AvgIpc) is 3.05. The molecule has 0 fully saturated rings. The van der Waals surface area contributed by atoms with Crippen LogP contribution in [0, 0.1) is 18.8 Å². The van der Waals surface area contributed by atoms with Crippen molar-refractivity contribution in [2.75, 3.05) is 13.7 Å². The van der Waals surface area contributed by atoms with Crippen molar-refractivity contribution in [3.63, 3.8) is 0 Å². The summed E-state index contributed by atoms with van der Waals surface area (Å²) >= 11 is 0. The summed E-state index contributed by atoms with van der Waals surface area (Å²) in [6.07, 6.45) is 4.69. The summed E-state index contributed by atoms with van der Waals surface area (Å²) in [6, 6.07) is 1.39. The Hall–Kier alpha value is -2.44. The summed E-state index contributed by atoms with van der Waals surface area (Å²) in [5, 5.41) is 0. The van der Waals surface area contributed by atoms with Gasteiger partial charge >= 0.3 is 5.97 Å². The van der Waals surface area contributed by atoms with Gasteiger partial charge in [0.2, 0.25) is 5.91 Å². The molecule has 7 nitrogen and oxygen atoms in total. The average molecular weight is 403 g/mol. The van der Waals surface area contributed by atoms with E-state index >= 15 is 0 Å². The molecule has 2 rings (SSSR count). The Morgan fingerprint density at radius 1 is 1.28 bits per heavy atom. The molecular formula is C22H34N4O3. The van der Waals surface area contributed by atoms with E-state index in [0.717, 1.165) is 41.8 Å². The molecule has 0 bridgehead atoms. The maximum atomic E-state index is 12.9. The fourth-order valence-electron chi connectivity index (χ4n) is 3.59. The van der Waals surface area contributed by atoms with Crippen molar-refractivity contribution in [2.45, 2.75) is 66.3 Å². The lowest BCUT2D eigenvalue weighted by atomic mass is 9.98. The number of hydrogen-bond acceptors (Lipinski definition) is 5. The topological polar surface area (TPSA) is 88.2 Å². The van der Waals surface area contributed by atoms with Crippen LogP contribution >= 0.6 is 0 Å². The predicted octanol–water partition coefficient (Wildman–Crippen LogP) is 3.66. The third-order valence-electron chi connectivity index (χ3n) is 5.14. The first kappa shape index (κ1) is 22.8. The van der Waals surface area contributed by atoms with Crippen LogP contribution < -0.4 is 0 Å². The number of hydrogen-bond donors (Lipinski definition) is 1. The molecule has 1 N–H and O–H groups in total. The Morgan fingerprint density at radius 2 is 2.00 bits per heavy atom. The van der Waals surface area contributed by atoms with E-state index in [1.54, 1.807) is 25.1 Å². The normalized spacial score (nSPS) is 13.5. The van der Waals surface area contributed by atoms with Gasteiger partial charge in [-0.2, -0.15) is 0 Å². The highest BCUT2D eigenvalue weighted by atomic mass is 16.5. The molecular weight excluding hydrogens is 368 g/mol. The number of ether oxygens (including phenoxy) is 1. The Bertz CT molecular complexity index is 831. The van der Waals surface area contributed by atoms with Gasteiger partial charge in [0.15, 0.2) is 0 Å². The molecule has 0 saturated carbocycles. The van der Waals surface area contributed by atoms with Crippen molar-refractivity contribution >= 4 is 22.9 Å². The lowest BCUT2D eigenvalue weighted by Crippen LogP contribution is -2.46. The van der Waals surface area contributed by atoms with Gasteiger partial charge in [0.05, 0.1) is 17.8 Å². The Balaban J connectivity index is 1.96. The van der Waals surface area contributed by atoms with Crippen molar-refractivity contribution in [3.05, 3.63) is 23.8 Å². The Labute approximate surface area is 173 Å².